The molecule has 1 aromatic heterocycles. The molecule has 23 heavy (non-hydrogen) atoms. The van der Waals surface area contributed by atoms with Crippen molar-refractivity contribution in [1.29, 1.82) is 0 Å². The molecule has 1 aromatic carbocycles. The first-order valence-electron chi connectivity index (χ1n) is 7.48. The quantitative estimate of drug-likeness (QED) is 0.815. The number of carbonyl (C=O) groups is 1. The largest absolute Gasteiger partial charge is 0.492 e. The van der Waals surface area contributed by atoms with E-state index in [0.29, 0.717) is 11.5 Å². The number of thiazole rings is 1. The van der Waals surface area contributed by atoms with Crippen molar-refractivity contribution in [2.75, 3.05) is 39.2 Å². The lowest BCUT2D eigenvalue weighted by Gasteiger charge is -2.17. The van der Waals surface area contributed by atoms with Crippen molar-refractivity contribution in [3.63, 3.8) is 0 Å². The van der Waals surface area contributed by atoms with Crippen LogP contribution in [0.4, 0.5) is 5.69 Å². The van der Waals surface area contributed by atoms with Gasteiger partial charge in [0.15, 0.2) is 0 Å². The molecule has 0 atom stereocenters. The van der Waals surface area contributed by atoms with E-state index in [1.54, 1.807) is 11.9 Å². The molecule has 0 N–H and O–H groups in total. The molecule has 1 heterocycles. The van der Waals surface area contributed by atoms with E-state index in [2.05, 4.69) is 9.88 Å². The predicted octanol–water partition coefficient (Wildman–Crippen LogP) is 2.98. The van der Waals surface area contributed by atoms with Gasteiger partial charge >= 0.3 is 0 Å². The average Bonchev–Trinajstić information content (AvgIpc) is 2.85. The molecule has 5 nitrogen and oxygen atoms in total. The third kappa shape index (κ3) is 4.53. The van der Waals surface area contributed by atoms with E-state index in [-0.39, 0.29) is 5.91 Å². The van der Waals surface area contributed by atoms with Crippen LogP contribution in [0.1, 0.15) is 20.4 Å². The van der Waals surface area contributed by atoms with Gasteiger partial charge in [0, 0.05) is 19.3 Å². The lowest BCUT2D eigenvalue weighted by Crippen LogP contribution is -2.26. The summed E-state index contributed by atoms with van der Waals surface area (Å²) in [5.41, 5.74) is 1.62. The molecule has 2 rings (SSSR count). The summed E-state index contributed by atoms with van der Waals surface area (Å²) in [6.07, 6.45) is 0. The third-order valence-corrected chi connectivity index (χ3v) is 4.49. The Morgan fingerprint density at radius 2 is 1.83 bits per heavy atom. The normalized spacial score (nSPS) is 10.9. The van der Waals surface area contributed by atoms with Crippen LogP contribution >= 0.6 is 11.3 Å². The second kappa shape index (κ2) is 7.57. The summed E-state index contributed by atoms with van der Waals surface area (Å²) in [5, 5.41) is 0.906. The Morgan fingerprint density at radius 1 is 1.17 bits per heavy atom. The molecule has 0 saturated carbocycles. The molecule has 0 aliphatic rings. The third-order valence-electron chi connectivity index (χ3n) is 3.43. The summed E-state index contributed by atoms with van der Waals surface area (Å²) in [7, 11) is 5.80. The van der Waals surface area contributed by atoms with E-state index >= 15 is 0 Å². The molecule has 1 amide bonds. The van der Waals surface area contributed by atoms with Gasteiger partial charge in [-0.05, 0) is 52.2 Å². The van der Waals surface area contributed by atoms with E-state index in [9.17, 15) is 4.79 Å². The van der Waals surface area contributed by atoms with Crippen LogP contribution in [0.3, 0.4) is 0 Å². The summed E-state index contributed by atoms with van der Waals surface area (Å²) in [4.78, 5) is 21.3. The van der Waals surface area contributed by atoms with Gasteiger partial charge in [-0.25, -0.2) is 4.98 Å². The van der Waals surface area contributed by atoms with Crippen LogP contribution in [-0.2, 0) is 0 Å². The lowest BCUT2D eigenvalue weighted by molar-refractivity contribution is 0.0996. The molecular formula is C17H23N3O2S. The molecule has 0 bridgehead atoms. The first-order chi connectivity index (χ1) is 10.9. The second-order valence-electron chi connectivity index (χ2n) is 5.66. The van der Waals surface area contributed by atoms with Gasteiger partial charge in [0.25, 0.3) is 5.91 Å². The number of anilines is 1. The lowest BCUT2D eigenvalue weighted by atomic mass is 10.2. The highest BCUT2D eigenvalue weighted by Gasteiger charge is 2.19. The Bertz CT molecular complexity index is 665. The number of aryl methyl sites for hydroxylation is 2. The fourth-order valence-electron chi connectivity index (χ4n) is 2.11. The van der Waals surface area contributed by atoms with Gasteiger partial charge in [0.2, 0.25) is 0 Å². The maximum Gasteiger partial charge on any atom is 0.270 e. The number of hydrogen-bond acceptors (Lipinski definition) is 5. The minimum Gasteiger partial charge on any atom is -0.492 e. The van der Waals surface area contributed by atoms with Crippen LogP contribution in [-0.4, -0.2) is 50.1 Å². The molecule has 124 valence electrons. The smallest absolute Gasteiger partial charge is 0.270 e. The number of amides is 1. The molecular weight excluding hydrogens is 310 g/mol. The first-order valence-corrected chi connectivity index (χ1v) is 8.30. The van der Waals surface area contributed by atoms with Crippen LogP contribution in [0.15, 0.2) is 24.3 Å². The number of likely N-dealkylation sites (N-methyl/N-ethyl adjacent to an activating group) is 1. The molecule has 0 aliphatic heterocycles. The molecule has 0 saturated heterocycles. The molecule has 0 aliphatic carbocycles. The molecule has 0 radical (unpaired) electrons. The highest BCUT2D eigenvalue weighted by molar-refractivity contribution is 7.13. The fourth-order valence-corrected chi connectivity index (χ4v) is 3.01. The minimum absolute atomic E-state index is 0.0330. The first kappa shape index (κ1) is 17.4. The van der Waals surface area contributed by atoms with E-state index < -0.39 is 0 Å². The van der Waals surface area contributed by atoms with Crippen LogP contribution in [0.5, 0.6) is 5.75 Å². The zero-order valence-corrected chi connectivity index (χ0v) is 15.1. The Morgan fingerprint density at radius 3 is 2.35 bits per heavy atom. The summed E-state index contributed by atoms with van der Waals surface area (Å²) in [6.45, 7) is 5.28. The number of ether oxygens (including phenoxy) is 1. The topological polar surface area (TPSA) is 45.7 Å². The zero-order valence-electron chi connectivity index (χ0n) is 14.3. The van der Waals surface area contributed by atoms with Crippen LogP contribution in [0.25, 0.3) is 0 Å². The Labute approximate surface area is 141 Å². The van der Waals surface area contributed by atoms with Crippen molar-refractivity contribution in [2.45, 2.75) is 13.8 Å². The van der Waals surface area contributed by atoms with Gasteiger partial charge in [0.05, 0.1) is 10.7 Å². The van der Waals surface area contributed by atoms with Gasteiger partial charge in [-0.2, -0.15) is 0 Å². The number of nitrogens with zero attached hydrogens (tertiary/aromatic N) is 3. The van der Waals surface area contributed by atoms with Gasteiger partial charge in [0.1, 0.15) is 17.2 Å². The van der Waals surface area contributed by atoms with Crippen molar-refractivity contribution in [2.24, 2.45) is 0 Å². The van der Waals surface area contributed by atoms with Crippen molar-refractivity contribution < 1.29 is 9.53 Å². The van der Waals surface area contributed by atoms with Crippen LogP contribution in [0.2, 0.25) is 0 Å². The predicted molar refractivity (Wildman–Crippen MR) is 94.8 cm³/mol. The minimum atomic E-state index is -0.0330. The van der Waals surface area contributed by atoms with Crippen LogP contribution < -0.4 is 9.64 Å². The molecule has 0 unspecified atom stereocenters. The molecule has 0 fully saturated rings. The summed E-state index contributed by atoms with van der Waals surface area (Å²) in [6, 6.07) is 7.57. The van der Waals surface area contributed by atoms with Gasteiger partial charge in [-0.1, -0.05) is 0 Å². The number of hydrogen-bond donors (Lipinski definition) is 0. The maximum atomic E-state index is 12.6. The van der Waals surface area contributed by atoms with E-state index in [0.717, 1.165) is 28.7 Å². The Hall–Kier alpha value is -1.92. The van der Waals surface area contributed by atoms with Gasteiger partial charge in [-0.15, -0.1) is 11.3 Å². The number of benzene rings is 1. The standard InChI is InChI=1S/C17H23N3O2S/c1-12-16(23-13(2)18-12)17(21)20(5)14-6-8-15(9-7-14)22-11-10-19(3)4/h6-9H,10-11H2,1-5H3. The van der Waals surface area contributed by atoms with E-state index in [4.69, 9.17) is 4.74 Å². The second-order valence-corrected chi connectivity index (χ2v) is 6.86. The van der Waals surface area contributed by atoms with Crippen LogP contribution in [0, 0.1) is 13.8 Å². The van der Waals surface area contributed by atoms with Crippen molar-refractivity contribution >= 4 is 22.9 Å². The summed E-state index contributed by atoms with van der Waals surface area (Å²) in [5.74, 6) is 0.774. The average molecular weight is 333 g/mol. The number of aromatic nitrogens is 1. The van der Waals surface area contributed by atoms with E-state index in [1.807, 2.05) is 52.2 Å². The SMILES string of the molecule is Cc1nc(C)c(C(=O)N(C)c2ccc(OCCN(C)C)cc2)s1. The zero-order chi connectivity index (χ0) is 17.0. The van der Waals surface area contributed by atoms with Crippen molar-refractivity contribution in [3.8, 4) is 5.75 Å². The summed E-state index contributed by atoms with van der Waals surface area (Å²) < 4.78 is 5.67. The highest BCUT2D eigenvalue weighted by Crippen LogP contribution is 2.24. The van der Waals surface area contributed by atoms with Crippen molar-refractivity contribution in [1.82, 2.24) is 9.88 Å². The fraction of sp³-hybridized carbons (Fsp3) is 0.412. The monoisotopic (exact) mass is 333 g/mol. The van der Waals surface area contributed by atoms with Gasteiger partial charge in [-0.3, -0.25) is 4.79 Å². The molecule has 2 aromatic rings. The number of rotatable bonds is 6. The summed E-state index contributed by atoms with van der Waals surface area (Å²) >= 11 is 1.43. The van der Waals surface area contributed by atoms with Gasteiger partial charge < -0.3 is 14.5 Å². The maximum absolute atomic E-state index is 12.6. The Kier molecular flexibility index (Phi) is 5.74. The molecule has 0 spiro atoms. The Balaban J connectivity index is 2.03. The van der Waals surface area contributed by atoms with E-state index in [1.165, 1.54) is 11.3 Å². The number of carbonyl (C=O) groups excluding carboxylic acids is 1. The molecule has 6 heteroatoms. The van der Waals surface area contributed by atoms with Crippen molar-refractivity contribution in [3.05, 3.63) is 39.8 Å². The highest BCUT2D eigenvalue weighted by atomic mass is 32.1.